The highest BCUT2D eigenvalue weighted by Gasteiger charge is 2.23. The predicted molar refractivity (Wildman–Crippen MR) is 102 cm³/mol. The van der Waals surface area contributed by atoms with Gasteiger partial charge >= 0.3 is 0 Å². The van der Waals surface area contributed by atoms with E-state index >= 15 is 0 Å². The number of H-pyrrole nitrogens is 1. The van der Waals surface area contributed by atoms with E-state index in [1.165, 1.54) is 28.0 Å². The van der Waals surface area contributed by atoms with Gasteiger partial charge < -0.3 is 4.98 Å². The van der Waals surface area contributed by atoms with Crippen molar-refractivity contribution in [2.45, 2.75) is 44.0 Å². The second-order valence-electron chi connectivity index (χ2n) is 6.68. The first-order valence-electron chi connectivity index (χ1n) is 8.33. The Labute approximate surface area is 149 Å². The molecule has 124 valence electrons. The molecule has 5 heteroatoms. The molecule has 0 saturated heterocycles. The average molecular weight is 357 g/mol. The minimum atomic E-state index is 0.0264. The Morgan fingerprint density at radius 3 is 2.92 bits per heavy atom. The molecular formula is C19H20N2OS2. The Balaban J connectivity index is 1.63. The zero-order chi connectivity index (χ0) is 16.7. The van der Waals surface area contributed by atoms with Gasteiger partial charge in [-0.1, -0.05) is 48.5 Å². The molecule has 1 atom stereocenters. The van der Waals surface area contributed by atoms with Crippen LogP contribution in [0.5, 0.6) is 0 Å². The second kappa shape index (κ2) is 6.37. The van der Waals surface area contributed by atoms with E-state index in [-0.39, 0.29) is 5.56 Å². The normalized spacial score (nSPS) is 17.2. The van der Waals surface area contributed by atoms with Gasteiger partial charge in [0.15, 0.2) is 5.16 Å². The number of nitrogens with one attached hydrogen (secondary N) is 1. The molecule has 0 saturated carbocycles. The number of aromatic amines is 1. The lowest BCUT2D eigenvalue weighted by Crippen LogP contribution is -2.13. The summed E-state index contributed by atoms with van der Waals surface area (Å²) >= 11 is 3.31. The maximum atomic E-state index is 12.6. The third-order valence-corrected chi connectivity index (χ3v) is 6.73. The summed E-state index contributed by atoms with van der Waals surface area (Å²) < 4.78 is 0. The lowest BCUT2D eigenvalue weighted by molar-refractivity contribution is 0.509. The van der Waals surface area contributed by atoms with E-state index in [0.717, 1.165) is 34.0 Å². The fourth-order valence-electron chi connectivity index (χ4n) is 3.23. The van der Waals surface area contributed by atoms with Crippen molar-refractivity contribution in [1.29, 1.82) is 0 Å². The number of thioether (sulfide) groups is 1. The SMILES string of the molecule is Cc1ccc(CSc2nc3sc4c(c3c(=O)[nH]2)CC[C@@H](C)C4)cc1. The van der Waals surface area contributed by atoms with Crippen LogP contribution in [0.3, 0.4) is 0 Å². The van der Waals surface area contributed by atoms with Crippen LogP contribution in [0.2, 0.25) is 0 Å². The van der Waals surface area contributed by atoms with Crippen LogP contribution < -0.4 is 5.56 Å². The number of nitrogens with zero attached hydrogens (tertiary/aromatic N) is 1. The first kappa shape index (κ1) is 15.9. The van der Waals surface area contributed by atoms with Crippen LogP contribution >= 0.6 is 23.1 Å². The van der Waals surface area contributed by atoms with E-state index < -0.39 is 0 Å². The largest absolute Gasteiger partial charge is 0.301 e. The Morgan fingerprint density at radius 1 is 1.33 bits per heavy atom. The van der Waals surface area contributed by atoms with Crippen molar-refractivity contribution in [2.24, 2.45) is 5.92 Å². The van der Waals surface area contributed by atoms with Gasteiger partial charge in [0, 0.05) is 10.6 Å². The molecule has 0 aliphatic heterocycles. The molecule has 3 nitrogen and oxygen atoms in total. The number of aryl methyl sites for hydroxylation is 2. The monoisotopic (exact) mass is 356 g/mol. The van der Waals surface area contributed by atoms with Gasteiger partial charge in [0.25, 0.3) is 5.56 Å². The van der Waals surface area contributed by atoms with Gasteiger partial charge in [0.05, 0.1) is 5.39 Å². The van der Waals surface area contributed by atoms with Crippen LogP contribution in [0.4, 0.5) is 0 Å². The van der Waals surface area contributed by atoms with Gasteiger partial charge in [0.2, 0.25) is 0 Å². The highest BCUT2D eigenvalue weighted by Crippen LogP contribution is 2.36. The zero-order valence-electron chi connectivity index (χ0n) is 13.9. The van der Waals surface area contributed by atoms with Crippen molar-refractivity contribution in [3.8, 4) is 0 Å². The standard InChI is InChI=1S/C19H20N2OS2/c1-11-3-6-13(7-4-11)10-23-19-20-17(22)16-14-8-5-12(2)9-15(14)24-18(16)21-19/h3-4,6-7,12H,5,8-10H2,1-2H3,(H,20,21,22)/t12-/m1/s1. The first-order valence-corrected chi connectivity index (χ1v) is 10.1. The Bertz CT molecular complexity index is 940. The number of rotatable bonds is 3. The van der Waals surface area contributed by atoms with Crippen LogP contribution in [-0.4, -0.2) is 9.97 Å². The Hall–Kier alpha value is -1.59. The molecule has 0 bridgehead atoms. The minimum Gasteiger partial charge on any atom is -0.301 e. The Kier molecular flexibility index (Phi) is 4.22. The maximum Gasteiger partial charge on any atom is 0.260 e. The fourth-order valence-corrected chi connectivity index (χ4v) is 5.49. The number of benzene rings is 1. The topological polar surface area (TPSA) is 45.8 Å². The van der Waals surface area contributed by atoms with E-state index in [1.54, 1.807) is 23.1 Å². The number of hydrogen-bond acceptors (Lipinski definition) is 4. The van der Waals surface area contributed by atoms with E-state index in [4.69, 9.17) is 4.98 Å². The van der Waals surface area contributed by atoms with Crippen LogP contribution in [0.15, 0.2) is 34.2 Å². The molecular weight excluding hydrogens is 336 g/mol. The molecule has 0 radical (unpaired) electrons. The zero-order valence-corrected chi connectivity index (χ0v) is 15.5. The summed E-state index contributed by atoms with van der Waals surface area (Å²) in [4.78, 5) is 22.5. The van der Waals surface area contributed by atoms with Gasteiger partial charge in [-0.3, -0.25) is 4.79 Å². The van der Waals surface area contributed by atoms with Crippen molar-refractivity contribution < 1.29 is 0 Å². The van der Waals surface area contributed by atoms with Gasteiger partial charge in [-0.05, 0) is 43.2 Å². The van der Waals surface area contributed by atoms with E-state index in [9.17, 15) is 4.79 Å². The Morgan fingerprint density at radius 2 is 2.12 bits per heavy atom. The molecule has 1 aliphatic carbocycles. The number of thiophene rings is 1. The molecule has 24 heavy (non-hydrogen) atoms. The van der Waals surface area contributed by atoms with E-state index in [1.807, 2.05) is 0 Å². The maximum absolute atomic E-state index is 12.6. The number of fused-ring (bicyclic) bond motifs is 3. The molecule has 1 aromatic carbocycles. The van der Waals surface area contributed by atoms with Crippen LogP contribution in [-0.2, 0) is 18.6 Å². The highest BCUT2D eigenvalue weighted by atomic mass is 32.2. The highest BCUT2D eigenvalue weighted by molar-refractivity contribution is 7.98. The molecule has 1 aliphatic rings. The molecule has 1 N–H and O–H groups in total. The number of hydrogen-bond donors (Lipinski definition) is 1. The summed E-state index contributed by atoms with van der Waals surface area (Å²) in [7, 11) is 0. The smallest absolute Gasteiger partial charge is 0.260 e. The molecule has 0 amide bonds. The van der Waals surface area contributed by atoms with E-state index in [0.29, 0.717) is 5.92 Å². The van der Waals surface area contributed by atoms with Crippen LogP contribution in [0.1, 0.15) is 34.9 Å². The summed E-state index contributed by atoms with van der Waals surface area (Å²) in [5.41, 5.74) is 3.78. The molecule has 0 spiro atoms. The third kappa shape index (κ3) is 3.03. The predicted octanol–water partition coefficient (Wildman–Crippen LogP) is 4.71. The van der Waals surface area contributed by atoms with Crippen molar-refractivity contribution in [1.82, 2.24) is 9.97 Å². The summed E-state index contributed by atoms with van der Waals surface area (Å²) in [6.45, 7) is 4.37. The van der Waals surface area contributed by atoms with E-state index in [2.05, 4.69) is 43.1 Å². The van der Waals surface area contributed by atoms with Crippen LogP contribution in [0, 0.1) is 12.8 Å². The molecule has 0 fully saturated rings. The van der Waals surface area contributed by atoms with Crippen molar-refractivity contribution in [3.05, 3.63) is 56.2 Å². The lowest BCUT2D eigenvalue weighted by Gasteiger charge is -2.17. The fraction of sp³-hybridized carbons (Fsp3) is 0.368. The minimum absolute atomic E-state index is 0.0264. The van der Waals surface area contributed by atoms with Gasteiger partial charge in [0.1, 0.15) is 4.83 Å². The quantitative estimate of drug-likeness (QED) is 0.546. The van der Waals surface area contributed by atoms with Gasteiger partial charge in [-0.2, -0.15) is 0 Å². The molecule has 2 aromatic heterocycles. The summed E-state index contributed by atoms with van der Waals surface area (Å²) in [5, 5.41) is 1.56. The molecule has 3 aromatic rings. The van der Waals surface area contributed by atoms with Crippen molar-refractivity contribution in [2.75, 3.05) is 0 Å². The first-order chi connectivity index (χ1) is 11.6. The molecule has 4 rings (SSSR count). The lowest BCUT2D eigenvalue weighted by atomic mass is 9.89. The van der Waals surface area contributed by atoms with Crippen molar-refractivity contribution >= 4 is 33.3 Å². The molecule has 2 heterocycles. The van der Waals surface area contributed by atoms with Gasteiger partial charge in [-0.25, -0.2) is 4.98 Å². The summed E-state index contributed by atoms with van der Waals surface area (Å²) in [5.74, 6) is 1.52. The summed E-state index contributed by atoms with van der Waals surface area (Å²) in [6, 6.07) is 8.49. The number of aromatic nitrogens is 2. The van der Waals surface area contributed by atoms with Gasteiger partial charge in [-0.15, -0.1) is 11.3 Å². The molecule has 0 unspecified atom stereocenters. The average Bonchev–Trinajstić information content (AvgIpc) is 2.92. The summed E-state index contributed by atoms with van der Waals surface area (Å²) in [6.07, 6.45) is 3.26. The van der Waals surface area contributed by atoms with Crippen LogP contribution in [0.25, 0.3) is 10.2 Å². The second-order valence-corrected chi connectivity index (χ2v) is 8.72. The third-order valence-electron chi connectivity index (χ3n) is 4.64. The van der Waals surface area contributed by atoms with Crippen molar-refractivity contribution in [3.63, 3.8) is 0 Å².